The number of hydrogen-bond donors (Lipinski definition) is 2. The number of halogens is 1. The Labute approximate surface area is 172 Å². The molecule has 1 aromatic heterocycles. The van der Waals surface area contributed by atoms with Gasteiger partial charge in [-0.2, -0.15) is 0 Å². The van der Waals surface area contributed by atoms with E-state index in [1.165, 1.54) is 24.3 Å². The Morgan fingerprint density at radius 1 is 0.867 bits per heavy atom. The smallest absolute Gasteiger partial charge is 0.255 e. The molecule has 0 spiro atoms. The van der Waals surface area contributed by atoms with Gasteiger partial charge in [0.2, 0.25) is 0 Å². The highest BCUT2D eigenvalue weighted by atomic mass is 19.1. The Morgan fingerprint density at radius 2 is 1.63 bits per heavy atom. The summed E-state index contributed by atoms with van der Waals surface area (Å²) in [6, 6.07) is 21.7. The standard InChI is InChI=1S/C24H18FN3O2/c25-19-11-9-18(10-12-19)23(29)28-20-7-1-4-16(14-20)15-27-24(30)21-8-2-5-17-6-3-13-26-22(17)21/h1-14H,15H2,(H,27,30)(H,28,29). The predicted molar refractivity (Wildman–Crippen MR) is 114 cm³/mol. The zero-order valence-corrected chi connectivity index (χ0v) is 15.9. The van der Waals surface area contributed by atoms with Gasteiger partial charge in [-0.3, -0.25) is 14.6 Å². The van der Waals surface area contributed by atoms with Gasteiger partial charge in [0.25, 0.3) is 11.8 Å². The summed E-state index contributed by atoms with van der Waals surface area (Å²) in [7, 11) is 0. The SMILES string of the molecule is O=C(Nc1cccc(CNC(=O)c2cccc3cccnc23)c1)c1ccc(F)cc1. The molecule has 0 saturated heterocycles. The van der Waals surface area contributed by atoms with Crippen LogP contribution >= 0.6 is 0 Å². The number of nitrogens with one attached hydrogen (secondary N) is 2. The first-order chi connectivity index (χ1) is 14.6. The van der Waals surface area contributed by atoms with Crippen LogP contribution in [0.4, 0.5) is 10.1 Å². The second-order valence-corrected chi connectivity index (χ2v) is 6.72. The molecule has 0 unspecified atom stereocenters. The molecular formula is C24H18FN3O2. The maximum atomic E-state index is 13.0. The Hall–Kier alpha value is -4.06. The molecule has 0 atom stereocenters. The van der Waals surface area contributed by atoms with Gasteiger partial charge in [0, 0.05) is 29.4 Å². The number of carbonyl (C=O) groups excluding carboxylic acids is 2. The topological polar surface area (TPSA) is 71.1 Å². The highest BCUT2D eigenvalue weighted by molar-refractivity contribution is 6.05. The van der Waals surface area contributed by atoms with E-state index in [0.717, 1.165) is 10.9 Å². The minimum atomic E-state index is -0.398. The highest BCUT2D eigenvalue weighted by Gasteiger charge is 2.11. The van der Waals surface area contributed by atoms with Crippen molar-refractivity contribution >= 4 is 28.4 Å². The monoisotopic (exact) mass is 399 g/mol. The first-order valence-electron chi connectivity index (χ1n) is 9.38. The first kappa shape index (κ1) is 19.3. The molecule has 0 aliphatic carbocycles. The van der Waals surface area contributed by atoms with Gasteiger partial charge in [-0.25, -0.2) is 4.39 Å². The summed E-state index contributed by atoms with van der Waals surface area (Å²) in [5.41, 5.74) is 2.93. The third-order valence-electron chi connectivity index (χ3n) is 4.62. The number of pyridine rings is 1. The summed E-state index contributed by atoms with van der Waals surface area (Å²) in [6.07, 6.45) is 1.66. The summed E-state index contributed by atoms with van der Waals surface area (Å²) >= 11 is 0. The van der Waals surface area contributed by atoms with Crippen molar-refractivity contribution in [3.8, 4) is 0 Å². The zero-order valence-electron chi connectivity index (χ0n) is 15.9. The van der Waals surface area contributed by atoms with Gasteiger partial charge in [0.05, 0.1) is 11.1 Å². The number of fused-ring (bicyclic) bond motifs is 1. The van der Waals surface area contributed by atoms with Crippen LogP contribution in [0.3, 0.4) is 0 Å². The third kappa shape index (κ3) is 4.33. The lowest BCUT2D eigenvalue weighted by Crippen LogP contribution is -2.23. The van der Waals surface area contributed by atoms with E-state index in [2.05, 4.69) is 15.6 Å². The van der Waals surface area contributed by atoms with Crippen LogP contribution in [0, 0.1) is 5.82 Å². The molecule has 0 radical (unpaired) electrons. The molecule has 148 valence electrons. The van der Waals surface area contributed by atoms with E-state index in [0.29, 0.717) is 28.9 Å². The molecule has 1 heterocycles. The molecule has 0 bridgehead atoms. The molecule has 2 N–H and O–H groups in total. The Morgan fingerprint density at radius 3 is 2.47 bits per heavy atom. The lowest BCUT2D eigenvalue weighted by atomic mass is 10.1. The van der Waals surface area contributed by atoms with Crippen LogP contribution in [0.25, 0.3) is 10.9 Å². The number of carbonyl (C=O) groups is 2. The molecule has 3 aromatic carbocycles. The Kier molecular flexibility index (Phi) is 5.48. The summed E-state index contributed by atoms with van der Waals surface area (Å²) < 4.78 is 13.0. The molecule has 5 nitrogen and oxygen atoms in total. The van der Waals surface area contributed by atoms with Crippen molar-refractivity contribution in [1.29, 1.82) is 0 Å². The fraction of sp³-hybridized carbons (Fsp3) is 0.0417. The summed E-state index contributed by atoms with van der Waals surface area (Å²) in [5.74, 6) is -0.955. The number of anilines is 1. The van der Waals surface area contributed by atoms with E-state index < -0.39 is 5.82 Å². The Bertz CT molecular complexity index is 1220. The van der Waals surface area contributed by atoms with Gasteiger partial charge in [0.1, 0.15) is 5.82 Å². The quantitative estimate of drug-likeness (QED) is 0.517. The highest BCUT2D eigenvalue weighted by Crippen LogP contribution is 2.17. The van der Waals surface area contributed by atoms with Crippen LogP contribution < -0.4 is 10.6 Å². The van der Waals surface area contributed by atoms with Crippen LogP contribution in [0.1, 0.15) is 26.3 Å². The minimum Gasteiger partial charge on any atom is -0.348 e. The average molecular weight is 399 g/mol. The molecule has 0 saturated carbocycles. The lowest BCUT2D eigenvalue weighted by molar-refractivity contribution is 0.0951. The van der Waals surface area contributed by atoms with Crippen LogP contribution in [0.2, 0.25) is 0 Å². The summed E-state index contributed by atoms with van der Waals surface area (Å²) in [6.45, 7) is 0.294. The molecule has 2 amide bonds. The molecule has 30 heavy (non-hydrogen) atoms. The van der Waals surface area contributed by atoms with E-state index in [-0.39, 0.29) is 11.8 Å². The molecular weight excluding hydrogens is 381 g/mol. The Balaban J connectivity index is 1.43. The summed E-state index contributed by atoms with van der Waals surface area (Å²) in [5, 5.41) is 6.57. The normalized spacial score (nSPS) is 10.6. The van der Waals surface area contributed by atoms with Crippen molar-refractivity contribution in [2.24, 2.45) is 0 Å². The van der Waals surface area contributed by atoms with Gasteiger partial charge in [-0.15, -0.1) is 0 Å². The maximum absolute atomic E-state index is 13.0. The van der Waals surface area contributed by atoms with E-state index in [9.17, 15) is 14.0 Å². The van der Waals surface area contributed by atoms with Crippen LogP contribution in [-0.4, -0.2) is 16.8 Å². The minimum absolute atomic E-state index is 0.222. The van der Waals surface area contributed by atoms with Gasteiger partial charge in [0.15, 0.2) is 0 Å². The number of aromatic nitrogens is 1. The fourth-order valence-electron chi connectivity index (χ4n) is 3.13. The summed E-state index contributed by atoms with van der Waals surface area (Å²) in [4.78, 5) is 29.3. The van der Waals surface area contributed by atoms with Crippen LogP contribution in [0.15, 0.2) is 85.1 Å². The molecule has 4 aromatic rings. The number of hydrogen-bond acceptors (Lipinski definition) is 3. The number of rotatable bonds is 5. The number of para-hydroxylation sites is 1. The number of nitrogens with zero attached hydrogens (tertiary/aromatic N) is 1. The van der Waals surface area contributed by atoms with Crippen molar-refractivity contribution in [1.82, 2.24) is 10.3 Å². The second kappa shape index (κ2) is 8.53. The van der Waals surface area contributed by atoms with E-state index in [1.807, 2.05) is 30.3 Å². The molecule has 0 aliphatic rings. The second-order valence-electron chi connectivity index (χ2n) is 6.72. The van der Waals surface area contributed by atoms with E-state index >= 15 is 0 Å². The lowest BCUT2D eigenvalue weighted by Gasteiger charge is -2.10. The van der Waals surface area contributed by atoms with Crippen LogP contribution in [-0.2, 0) is 6.54 Å². The van der Waals surface area contributed by atoms with Gasteiger partial charge in [-0.1, -0.05) is 30.3 Å². The van der Waals surface area contributed by atoms with Crippen molar-refractivity contribution in [3.05, 3.63) is 108 Å². The molecule has 0 aliphatic heterocycles. The molecule has 0 fully saturated rings. The van der Waals surface area contributed by atoms with Crippen molar-refractivity contribution in [3.63, 3.8) is 0 Å². The largest absolute Gasteiger partial charge is 0.348 e. The van der Waals surface area contributed by atoms with Gasteiger partial charge in [-0.05, 0) is 54.1 Å². The number of amides is 2. The molecule has 4 rings (SSSR count). The zero-order chi connectivity index (χ0) is 20.9. The first-order valence-corrected chi connectivity index (χ1v) is 9.38. The van der Waals surface area contributed by atoms with Crippen molar-refractivity contribution in [2.75, 3.05) is 5.32 Å². The molecule has 6 heteroatoms. The van der Waals surface area contributed by atoms with E-state index in [4.69, 9.17) is 0 Å². The predicted octanol–water partition coefficient (Wildman–Crippen LogP) is 4.56. The number of benzene rings is 3. The van der Waals surface area contributed by atoms with Gasteiger partial charge < -0.3 is 10.6 Å². The van der Waals surface area contributed by atoms with Crippen LogP contribution in [0.5, 0.6) is 0 Å². The maximum Gasteiger partial charge on any atom is 0.255 e. The average Bonchev–Trinajstić information content (AvgIpc) is 2.78. The van der Waals surface area contributed by atoms with Crippen molar-refractivity contribution in [2.45, 2.75) is 6.54 Å². The van der Waals surface area contributed by atoms with Gasteiger partial charge >= 0.3 is 0 Å². The van der Waals surface area contributed by atoms with Crippen molar-refractivity contribution < 1.29 is 14.0 Å². The third-order valence-corrected chi connectivity index (χ3v) is 4.62. The fourth-order valence-corrected chi connectivity index (χ4v) is 3.13. The van der Waals surface area contributed by atoms with E-state index in [1.54, 1.807) is 30.5 Å².